The maximum absolute atomic E-state index is 10.2. The summed E-state index contributed by atoms with van der Waals surface area (Å²) in [6.07, 6.45) is -0.0500. The Morgan fingerprint density at radius 3 is 2.78 bits per heavy atom. The number of hydrogen-bond acceptors (Lipinski definition) is 4. The van der Waals surface area contributed by atoms with Gasteiger partial charge in [0.25, 0.3) is 0 Å². The quantitative estimate of drug-likeness (QED) is 0.937. The van der Waals surface area contributed by atoms with E-state index in [4.69, 9.17) is 0 Å². The van der Waals surface area contributed by atoms with Crippen LogP contribution in [0.1, 0.15) is 35.1 Å². The molecule has 0 radical (unpaired) electrons. The monoisotopic (exact) mass is 329 g/mol. The van der Waals surface area contributed by atoms with Crippen molar-refractivity contribution in [3.63, 3.8) is 0 Å². The lowest BCUT2D eigenvalue weighted by Crippen LogP contribution is -2.09. The molecule has 0 bridgehead atoms. The SMILES string of the molecule is CCn1nc(C)c(Br)c1CC(O)c1csc(C)n1. The maximum atomic E-state index is 10.2. The number of aromatic nitrogens is 3. The van der Waals surface area contributed by atoms with E-state index in [0.29, 0.717) is 6.42 Å². The normalized spacial score (nSPS) is 12.9. The Kier molecular flexibility index (Phi) is 4.19. The molecule has 1 unspecified atom stereocenters. The number of aliphatic hydroxyl groups is 1. The van der Waals surface area contributed by atoms with Gasteiger partial charge in [-0.3, -0.25) is 4.68 Å². The van der Waals surface area contributed by atoms with E-state index in [9.17, 15) is 5.11 Å². The predicted molar refractivity (Wildman–Crippen MR) is 75.9 cm³/mol. The third-order valence-electron chi connectivity index (χ3n) is 2.82. The van der Waals surface area contributed by atoms with Gasteiger partial charge in [0.05, 0.1) is 26.6 Å². The highest BCUT2D eigenvalue weighted by molar-refractivity contribution is 9.10. The molecule has 4 nitrogen and oxygen atoms in total. The molecule has 1 atom stereocenters. The predicted octanol–water partition coefficient (Wildman–Crippen LogP) is 3.01. The molecule has 0 fully saturated rings. The first-order valence-electron chi connectivity index (χ1n) is 5.84. The van der Waals surface area contributed by atoms with E-state index >= 15 is 0 Å². The van der Waals surface area contributed by atoms with E-state index in [0.717, 1.165) is 33.1 Å². The fourth-order valence-corrected chi connectivity index (χ4v) is 2.99. The van der Waals surface area contributed by atoms with Crippen molar-refractivity contribution in [1.29, 1.82) is 0 Å². The van der Waals surface area contributed by atoms with Crippen LogP contribution in [0, 0.1) is 13.8 Å². The number of halogens is 1. The second kappa shape index (κ2) is 5.50. The topological polar surface area (TPSA) is 50.9 Å². The van der Waals surface area contributed by atoms with Gasteiger partial charge in [-0.05, 0) is 36.7 Å². The third-order valence-corrected chi connectivity index (χ3v) is 4.64. The van der Waals surface area contributed by atoms with Crippen molar-refractivity contribution in [2.45, 2.75) is 39.8 Å². The molecule has 18 heavy (non-hydrogen) atoms. The minimum Gasteiger partial charge on any atom is -0.386 e. The lowest BCUT2D eigenvalue weighted by atomic mass is 10.1. The van der Waals surface area contributed by atoms with Crippen molar-refractivity contribution in [3.05, 3.63) is 31.9 Å². The van der Waals surface area contributed by atoms with Gasteiger partial charge >= 0.3 is 0 Å². The summed E-state index contributed by atoms with van der Waals surface area (Å²) in [5.41, 5.74) is 2.72. The van der Waals surface area contributed by atoms with Gasteiger partial charge < -0.3 is 5.11 Å². The minimum atomic E-state index is -0.576. The van der Waals surface area contributed by atoms with Crippen LogP contribution in [0.15, 0.2) is 9.85 Å². The van der Waals surface area contributed by atoms with Gasteiger partial charge in [-0.2, -0.15) is 5.10 Å². The summed E-state index contributed by atoms with van der Waals surface area (Å²) in [6, 6.07) is 0. The molecule has 2 aromatic heterocycles. The molecule has 0 saturated carbocycles. The Hall–Kier alpha value is -0.720. The summed E-state index contributed by atoms with van der Waals surface area (Å²) in [7, 11) is 0. The number of thiazole rings is 1. The molecule has 0 spiro atoms. The molecule has 1 N–H and O–H groups in total. The van der Waals surface area contributed by atoms with Gasteiger partial charge in [0.15, 0.2) is 0 Å². The molecule has 2 heterocycles. The van der Waals surface area contributed by atoms with Crippen molar-refractivity contribution >= 4 is 27.3 Å². The number of rotatable bonds is 4. The maximum Gasteiger partial charge on any atom is 0.102 e. The van der Waals surface area contributed by atoms with E-state index in [1.807, 2.05) is 30.8 Å². The zero-order valence-corrected chi connectivity index (χ0v) is 13.0. The van der Waals surface area contributed by atoms with Crippen molar-refractivity contribution in [1.82, 2.24) is 14.8 Å². The summed E-state index contributed by atoms with van der Waals surface area (Å²) < 4.78 is 2.90. The standard InChI is InChI=1S/C12H16BrN3OS/c1-4-16-10(12(13)7(2)15-16)5-11(17)9-6-18-8(3)14-9/h6,11,17H,4-5H2,1-3H3. The second-order valence-electron chi connectivity index (χ2n) is 4.17. The lowest BCUT2D eigenvalue weighted by Gasteiger charge is -2.10. The summed E-state index contributed by atoms with van der Waals surface area (Å²) in [6.45, 7) is 6.74. The Bertz CT molecular complexity index is 550. The van der Waals surface area contributed by atoms with Crippen LogP contribution < -0.4 is 0 Å². The fraction of sp³-hybridized carbons (Fsp3) is 0.500. The largest absolute Gasteiger partial charge is 0.386 e. The molecular weight excluding hydrogens is 314 g/mol. The summed E-state index contributed by atoms with van der Waals surface area (Å²) >= 11 is 5.09. The molecule has 0 amide bonds. The van der Waals surface area contributed by atoms with Crippen LogP contribution in [0.25, 0.3) is 0 Å². The van der Waals surface area contributed by atoms with E-state index in [-0.39, 0.29) is 0 Å². The van der Waals surface area contributed by atoms with Crippen LogP contribution in [0.2, 0.25) is 0 Å². The highest BCUT2D eigenvalue weighted by atomic mass is 79.9. The molecule has 2 rings (SSSR count). The Labute approximate surface area is 119 Å². The molecule has 2 aromatic rings. The molecule has 0 aliphatic carbocycles. The van der Waals surface area contributed by atoms with Crippen LogP contribution in [-0.4, -0.2) is 19.9 Å². The average Bonchev–Trinajstić information content (AvgIpc) is 2.88. The van der Waals surface area contributed by atoms with Crippen molar-refractivity contribution < 1.29 is 5.11 Å². The molecule has 0 aliphatic rings. The molecule has 0 aromatic carbocycles. The van der Waals surface area contributed by atoms with Gasteiger partial charge in [0.1, 0.15) is 6.10 Å². The van der Waals surface area contributed by atoms with Crippen molar-refractivity contribution in [2.75, 3.05) is 0 Å². The first kappa shape index (κ1) is 13.7. The summed E-state index contributed by atoms with van der Waals surface area (Å²) in [4.78, 5) is 4.32. The molecule has 0 aliphatic heterocycles. The van der Waals surface area contributed by atoms with E-state index in [1.54, 1.807) is 11.3 Å². The van der Waals surface area contributed by atoms with Gasteiger partial charge in [-0.1, -0.05) is 0 Å². The number of hydrogen-bond donors (Lipinski definition) is 1. The van der Waals surface area contributed by atoms with Crippen molar-refractivity contribution in [3.8, 4) is 0 Å². The summed E-state index contributed by atoms with van der Waals surface area (Å²) in [5.74, 6) is 0. The highest BCUT2D eigenvalue weighted by Crippen LogP contribution is 2.27. The highest BCUT2D eigenvalue weighted by Gasteiger charge is 2.18. The van der Waals surface area contributed by atoms with Crippen LogP contribution >= 0.6 is 27.3 Å². The zero-order valence-electron chi connectivity index (χ0n) is 10.6. The average molecular weight is 330 g/mol. The molecule has 98 valence electrons. The van der Waals surface area contributed by atoms with Gasteiger partial charge in [-0.25, -0.2) is 4.98 Å². The molecular formula is C12H16BrN3OS. The number of aliphatic hydroxyl groups excluding tert-OH is 1. The number of aryl methyl sites for hydroxylation is 3. The summed E-state index contributed by atoms with van der Waals surface area (Å²) in [5, 5.41) is 17.5. The Morgan fingerprint density at radius 2 is 2.22 bits per heavy atom. The van der Waals surface area contributed by atoms with E-state index in [1.165, 1.54) is 0 Å². The zero-order chi connectivity index (χ0) is 13.3. The third kappa shape index (κ3) is 2.65. The Balaban J connectivity index is 2.23. The number of nitrogens with zero attached hydrogens (tertiary/aromatic N) is 3. The van der Waals surface area contributed by atoms with Crippen molar-refractivity contribution in [2.24, 2.45) is 0 Å². The van der Waals surface area contributed by atoms with Gasteiger partial charge in [0.2, 0.25) is 0 Å². The van der Waals surface area contributed by atoms with Crippen LogP contribution in [-0.2, 0) is 13.0 Å². The van der Waals surface area contributed by atoms with Gasteiger partial charge in [0, 0.05) is 18.3 Å². The molecule has 6 heteroatoms. The van der Waals surface area contributed by atoms with E-state index < -0.39 is 6.10 Å². The molecule has 0 saturated heterocycles. The lowest BCUT2D eigenvalue weighted by molar-refractivity contribution is 0.171. The van der Waals surface area contributed by atoms with E-state index in [2.05, 4.69) is 26.0 Å². The van der Waals surface area contributed by atoms with Crippen LogP contribution in [0.5, 0.6) is 0 Å². The second-order valence-corrected chi connectivity index (χ2v) is 6.03. The van der Waals surface area contributed by atoms with Crippen LogP contribution in [0.3, 0.4) is 0 Å². The van der Waals surface area contributed by atoms with Crippen LogP contribution in [0.4, 0.5) is 0 Å². The minimum absolute atomic E-state index is 0.526. The fourth-order valence-electron chi connectivity index (χ4n) is 1.88. The first-order chi connectivity index (χ1) is 8.52. The Morgan fingerprint density at radius 1 is 1.50 bits per heavy atom. The smallest absolute Gasteiger partial charge is 0.102 e. The first-order valence-corrected chi connectivity index (χ1v) is 7.52. The van der Waals surface area contributed by atoms with Gasteiger partial charge in [-0.15, -0.1) is 11.3 Å².